The number of carbonyl (C=O) groups is 1. The highest BCUT2D eigenvalue weighted by Gasteiger charge is 2.41. The minimum Gasteiger partial charge on any atom is -0.493 e. The molecule has 0 saturated carbocycles. The largest absolute Gasteiger partial charge is 0.493 e. The predicted molar refractivity (Wildman–Crippen MR) is 65.1 cm³/mol. The molecule has 0 bridgehead atoms. The summed E-state index contributed by atoms with van der Waals surface area (Å²) in [5, 5.41) is 8.80. The van der Waals surface area contributed by atoms with Crippen molar-refractivity contribution in [3.05, 3.63) is 35.7 Å². The molecule has 0 aliphatic rings. The van der Waals surface area contributed by atoms with Crippen LogP contribution >= 0.6 is 0 Å². The molecule has 5 nitrogen and oxygen atoms in total. The van der Waals surface area contributed by atoms with Gasteiger partial charge in [0.05, 0.1) is 12.2 Å². The fraction of sp³-hybridized carbons (Fsp3) is 0.231. The maximum absolute atomic E-state index is 12.8. The van der Waals surface area contributed by atoms with Crippen LogP contribution in [0.5, 0.6) is 5.75 Å². The number of carboxylic acids is 1. The second kappa shape index (κ2) is 5.47. The van der Waals surface area contributed by atoms with Gasteiger partial charge >= 0.3 is 12.1 Å². The SMILES string of the molecule is CCOc1ccccc1-c1nc(C(F)(F)F)c(C(=O)O)o1. The average molecular weight is 301 g/mol. The minimum atomic E-state index is -4.92. The molecule has 0 unspecified atom stereocenters. The van der Waals surface area contributed by atoms with E-state index >= 15 is 0 Å². The standard InChI is InChI=1S/C13H10F3NO4/c1-2-20-8-6-4-3-5-7(8)11-17-10(13(14,15)16)9(21-11)12(18)19/h3-6H,2H2,1H3,(H,18,19). The molecule has 0 fully saturated rings. The third-order valence-corrected chi connectivity index (χ3v) is 2.51. The number of benzene rings is 1. The lowest BCUT2D eigenvalue weighted by atomic mass is 10.2. The van der Waals surface area contributed by atoms with Crippen molar-refractivity contribution < 1.29 is 32.2 Å². The highest BCUT2D eigenvalue weighted by molar-refractivity contribution is 5.86. The monoisotopic (exact) mass is 301 g/mol. The lowest BCUT2D eigenvalue weighted by molar-refractivity contribution is -0.141. The summed E-state index contributed by atoms with van der Waals surface area (Å²) >= 11 is 0. The molecule has 8 heteroatoms. The Morgan fingerprint density at radius 1 is 1.38 bits per heavy atom. The van der Waals surface area contributed by atoms with Gasteiger partial charge in [-0.05, 0) is 19.1 Å². The molecule has 1 N–H and O–H groups in total. The van der Waals surface area contributed by atoms with E-state index in [0.717, 1.165) is 0 Å². The maximum Gasteiger partial charge on any atom is 0.437 e. The number of halogens is 3. The molecule has 0 spiro atoms. The van der Waals surface area contributed by atoms with Crippen molar-refractivity contribution in [3.63, 3.8) is 0 Å². The summed E-state index contributed by atoms with van der Waals surface area (Å²) in [6.45, 7) is 1.99. The number of para-hydroxylation sites is 1. The van der Waals surface area contributed by atoms with Gasteiger partial charge in [-0.2, -0.15) is 13.2 Å². The minimum absolute atomic E-state index is 0.150. The molecule has 0 aliphatic carbocycles. The Morgan fingerprint density at radius 3 is 2.57 bits per heavy atom. The average Bonchev–Trinajstić information content (AvgIpc) is 2.85. The number of rotatable bonds is 4. The molecular weight excluding hydrogens is 291 g/mol. The first-order chi connectivity index (χ1) is 9.84. The number of nitrogens with zero attached hydrogens (tertiary/aromatic N) is 1. The third kappa shape index (κ3) is 2.99. The van der Waals surface area contributed by atoms with Gasteiger partial charge in [-0.15, -0.1) is 0 Å². The van der Waals surface area contributed by atoms with Crippen molar-refractivity contribution in [2.75, 3.05) is 6.61 Å². The molecule has 1 heterocycles. The molecule has 0 aliphatic heterocycles. The second-order valence-electron chi connectivity index (χ2n) is 3.93. The van der Waals surface area contributed by atoms with Gasteiger partial charge in [0.2, 0.25) is 11.7 Å². The van der Waals surface area contributed by atoms with Gasteiger partial charge < -0.3 is 14.3 Å². The number of aromatic nitrogens is 1. The Labute approximate surface area is 117 Å². The van der Waals surface area contributed by atoms with E-state index in [0.29, 0.717) is 0 Å². The predicted octanol–water partition coefficient (Wildman–Crippen LogP) is 3.46. The summed E-state index contributed by atoms with van der Waals surface area (Å²) in [5.41, 5.74) is -1.42. The molecule has 112 valence electrons. The molecule has 1 aromatic heterocycles. The molecule has 0 amide bonds. The molecule has 2 rings (SSSR count). The van der Waals surface area contributed by atoms with Crippen LogP contribution in [-0.2, 0) is 6.18 Å². The van der Waals surface area contributed by atoms with Gasteiger partial charge in [0.15, 0.2) is 5.69 Å². The number of hydrogen-bond donors (Lipinski definition) is 1. The normalized spacial score (nSPS) is 11.4. The molecule has 1 aromatic carbocycles. The Balaban J connectivity index is 2.58. The summed E-state index contributed by atoms with van der Waals surface area (Å²) in [6.07, 6.45) is -4.92. The van der Waals surface area contributed by atoms with Crippen LogP contribution < -0.4 is 4.74 Å². The van der Waals surface area contributed by atoms with Crippen LogP contribution in [0.2, 0.25) is 0 Å². The molecule has 0 saturated heterocycles. The van der Waals surface area contributed by atoms with E-state index in [1.807, 2.05) is 0 Å². The van der Waals surface area contributed by atoms with Crippen LogP contribution in [0.1, 0.15) is 23.2 Å². The van der Waals surface area contributed by atoms with Crippen LogP contribution in [0.15, 0.2) is 28.7 Å². The van der Waals surface area contributed by atoms with Gasteiger partial charge in [-0.25, -0.2) is 9.78 Å². The van der Waals surface area contributed by atoms with Crippen LogP contribution in [0.4, 0.5) is 13.2 Å². The topological polar surface area (TPSA) is 72.6 Å². The number of ether oxygens (including phenoxy) is 1. The van der Waals surface area contributed by atoms with Crippen molar-refractivity contribution in [2.45, 2.75) is 13.1 Å². The van der Waals surface area contributed by atoms with Crippen LogP contribution in [0, 0.1) is 0 Å². The Kier molecular flexibility index (Phi) is 3.88. The first-order valence-corrected chi connectivity index (χ1v) is 5.88. The molecule has 0 atom stereocenters. The Morgan fingerprint density at radius 2 is 2.05 bits per heavy atom. The fourth-order valence-corrected chi connectivity index (χ4v) is 1.70. The van der Waals surface area contributed by atoms with Gasteiger partial charge in [0.1, 0.15) is 5.75 Å². The summed E-state index contributed by atoms with van der Waals surface area (Å²) in [4.78, 5) is 14.1. The van der Waals surface area contributed by atoms with Crippen molar-refractivity contribution in [1.29, 1.82) is 0 Å². The lowest BCUT2D eigenvalue weighted by Gasteiger charge is -2.06. The number of hydrogen-bond acceptors (Lipinski definition) is 4. The fourth-order valence-electron chi connectivity index (χ4n) is 1.70. The summed E-state index contributed by atoms with van der Waals surface area (Å²) in [5.74, 6) is -3.28. The van der Waals surface area contributed by atoms with E-state index in [9.17, 15) is 18.0 Å². The molecule has 0 radical (unpaired) electrons. The third-order valence-electron chi connectivity index (χ3n) is 2.51. The number of oxazole rings is 1. The van der Waals surface area contributed by atoms with E-state index in [-0.39, 0.29) is 17.9 Å². The maximum atomic E-state index is 12.8. The van der Waals surface area contributed by atoms with Crippen molar-refractivity contribution in [1.82, 2.24) is 4.98 Å². The quantitative estimate of drug-likeness (QED) is 0.936. The van der Waals surface area contributed by atoms with E-state index in [2.05, 4.69) is 4.98 Å². The van der Waals surface area contributed by atoms with E-state index in [1.165, 1.54) is 12.1 Å². The molecule has 21 heavy (non-hydrogen) atoms. The number of aromatic carboxylic acids is 1. The van der Waals surface area contributed by atoms with Crippen LogP contribution in [0.3, 0.4) is 0 Å². The molecule has 2 aromatic rings. The second-order valence-corrected chi connectivity index (χ2v) is 3.93. The highest BCUT2D eigenvalue weighted by Crippen LogP contribution is 2.36. The van der Waals surface area contributed by atoms with E-state index in [1.54, 1.807) is 19.1 Å². The zero-order chi connectivity index (χ0) is 15.6. The summed E-state index contributed by atoms with van der Waals surface area (Å²) in [6, 6.07) is 6.13. The van der Waals surface area contributed by atoms with E-state index < -0.39 is 29.5 Å². The van der Waals surface area contributed by atoms with Crippen LogP contribution in [0.25, 0.3) is 11.5 Å². The number of alkyl halides is 3. The zero-order valence-electron chi connectivity index (χ0n) is 10.8. The Hall–Kier alpha value is -2.51. The van der Waals surface area contributed by atoms with Gasteiger partial charge in [-0.3, -0.25) is 0 Å². The first-order valence-electron chi connectivity index (χ1n) is 5.88. The van der Waals surface area contributed by atoms with E-state index in [4.69, 9.17) is 14.3 Å². The lowest BCUT2D eigenvalue weighted by Crippen LogP contribution is -2.11. The summed E-state index contributed by atoms with van der Waals surface area (Å²) < 4.78 is 48.3. The number of carboxylic acid groups (broad SMARTS) is 1. The first kappa shape index (κ1) is 14.9. The van der Waals surface area contributed by atoms with Crippen molar-refractivity contribution >= 4 is 5.97 Å². The molecular formula is C13H10F3NO4. The van der Waals surface area contributed by atoms with Gasteiger partial charge in [0, 0.05) is 0 Å². The van der Waals surface area contributed by atoms with Gasteiger partial charge in [0.25, 0.3) is 0 Å². The highest BCUT2D eigenvalue weighted by atomic mass is 19.4. The van der Waals surface area contributed by atoms with Crippen molar-refractivity contribution in [3.8, 4) is 17.2 Å². The van der Waals surface area contributed by atoms with Crippen molar-refractivity contribution in [2.24, 2.45) is 0 Å². The smallest absolute Gasteiger partial charge is 0.437 e. The van der Waals surface area contributed by atoms with Gasteiger partial charge in [-0.1, -0.05) is 12.1 Å². The Bertz CT molecular complexity index is 664. The zero-order valence-corrected chi connectivity index (χ0v) is 10.8. The van der Waals surface area contributed by atoms with Crippen LogP contribution in [-0.4, -0.2) is 22.7 Å². The summed E-state index contributed by atoms with van der Waals surface area (Å²) in [7, 11) is 0.